The van der Waals surface area contributed by atoms with Gasteiger partial charge in [0, 0.05) is 0 Å². The molecule has 0 amide bonds. The highest BCUT2D eigenvalue weighted by molar-refractivity contribution is 6.55. The Bertz CT molecular complexity index is 221. The summed E-state index contributed by atoms with van der Waals surface area (Å²) in [6.07, 6.45) is 19.4. The Morgan fingerprint density at radius 2 is 1.39 bits per heavy atom. The highest BCUT2D eigenvalue weighted by Crippen LogP contribution is 2.41. The van der Waals surface area contributed by atoms with Gasteiger partial charge < -0.3 is 4.65 Å². The van der Waals surface area contributed by atoms with Crippen molar-refractivity contribution in [2.24, 2.45) is 0 Å². The third-order valence-electron chi connectivity index (χ3n) is 4.80. The van der Waals surface area contributed by atoms with E-state index in [4.69, 9.17) is 4.65 Å². The van der Waals surface area contributed by atoms with Crippen LogP contribution in [0.15, 0.2) is 12.3 Å². The summed E-state index contributed by atoms with van der Waals surface area (Å²) in [6, 6.07) is 0. The second-order valence-corrected chi connectivity index (χ2v) is 6.18. The summed E-state index contributed by atoms with van der Waals surface area (Å²) < 4.78 is 6.18. The molecule has 0 aromatic heterocycles. The molecule has 2 heteroatoms. The van der Waals surface area contributed by atoms with Crippen LogP contribution in [0, 0.1) is 0 Å². The highest BCUT2D eigenvalue weighted by Gasteiger charge is 2.37. The summed E-state index contributed by atoms with van der Waals surface area (Å²) in [4.78, 5) is 0. The van der Waals surface area contributed by atoms with Crippen LogP contribution < -0.4 is 0 Å². The van der Waals surface area contributed by atoms with Gasteiger partial charge in [0.1, 0.15) is 0 Å². The van der Waals surface area contributed by atoms with E-state index in [2.05, 4.69) is 13.0 Å². The molecule has 2 rings (SSSR count). The number of hydrogen-bond acceptors (Lipinski definition) is 1. The van der Waals surface area contributed by atoms with Crippen molar-refractivity contribution in [3.8, 4) is 0 Å². The normalized spacial score (nSPS) is 23.4. The van der Waals surface area contributed by atoms with Crippen molar-refractivity contribution < 1.29 is 4.65 Å². The average Bonchev–Trinajstić information content (AvgIpc) is 2.46. The van der Waals surface area contributed by atoms with Gasteiger partial charge in [0.25, 0.3) is 0 Å². The molecule has 2 saturated carbocycles. The lowest BCUT2D eigenvalue weighted by Crippen LogP contribution is -2.31. The predicted molar refractivity (Wildman–Crippen MR) is 79.9 cm³/mol. The Hall–Kier alpha value is -0.395. The maximum Gasteiger partial charge on any atom is 0.363 e. The summed E-state index contributed by atoms with van der Waals surface area (Å²) in [5, 5.41) is 0. The molecule has 0 aromatic rings. The van der Waals surface area contributed by atoms with Gasteiger partial charge in [0.15, 0.2) is 0 Å². The summed E-state index contributed by atoms with van der Waals surface area (Å²) in [5.41, 5.74) is 0. The van der Waals surface area contributed by atoms with Crippen LogP contribution in [0.1, 0.15) is 77.6 Å². The minimum absolute atomic E-state index is 0.522. The molecular formula is C16H29BO. The standard InChI is InChI=1S/C16H29BO/c1-2-3-14-18-17(15-10-6-4-7-11-15)16-12-8-5-9-13-16/h3,14-16H,2,4-13H2,1H3/b14-3+. The maximum absolute atomic E-state index is 6.18. The van der Waals surface area contributed by atoms with Crippen LogP contribution in [0.4, 0.5) is 0 Å². The minimum atomic E-state index is 0.522. The van der Waals surface area contributed by atoms with Crippen LogP contribution >= 0.6 is 0 Å². The first kappa shape index (κ1) is 14.0. The van der Waals surface area contributed by atoms with Crippen molar-refractivity contribution in [3.05, 3.63) is 12.3 Å². The zero-order valence-corrected chi connectivity index (χ0v) is 12.1. The molecule has 0 aliphatic heterocycles. The lowest BCUT2D eigenvalue weighted by atomic mass is 9.42. The van der Waals surface area contributed by atoms with E-state index in [-0.39, 0.29) is 0 Å². The third kappa shape index (κ3) is 4.07. The van der Waals surface area contributed by atoms with Crippen LogP contribution in [0.2, 0.25) is 11.6 Å². The average molecular weight is 248 g/mol. The lowest BCUT2D eigenvalue weighted by Gasteiger charge is -2.33. The molecule has 2 aliphatic rings. The topological polar surface area (TPSA) is 9.23 Å². The number of rotatable bonds is 5. The van der Waals surface area contributed by atoms with E-state index < -0.39 is 0 Å². The molecule has 0 radical (unpaired) electrons. The van der Waals surface area contributed by atoms with Crippen LogP contribution in [-0.2, 0) is 4.65 Å². The third-order valence-corrected chi connectivity index (χ3v) is 4.80. The van der Waals surface area contributed by atoms with Gasteiger partial charge >= 0.3 is 6.92 Å². The van der Waals surface area contributed by atoms with Gasteiger partial charge in [-0.3, -0.25) is 0 Å². The Kier molecular flexibility index (Phi) is 6.17. The quantitative estimate of drug-likeness (QED) is 0.455. The fraction of sp³-hybridized carbons (Fsp3) is 0.875. The molecule has 0 saturated heterocycles. The van der Waals surface area contributed by atoms with E-state index in [9.17, 15) is 0 Å². The fourth-order valence-corrected chi connectivity index (χ4v) is 3.78. The largest absolute Gasteiger partial charge is 0.565 e. The molecule has 0 bridgehead atoms. The Labute approximate surface area is 113 Å². The molecule has 1 nitrogen and oxygen atoms in total. The molecule has 0 heterocycles. The van der Waals surface area contributed by atoms with Gasteiger partial charge in [0.2, 0.25) is 0 Å². The second kappa shape index (κ2) is 7.91. The van der Waals surface area contributed by atoms with Gasteiger partial charge in [0.05, 0.1) is 6.26 Å². The Morgan fingerprint density at radius 1 is 0.889 bits per heavy atom. The molecule has 2 fully saturated rings. The van der Waals surface area contributed by atoms with E-state index in [1.165, 1.54) is 64.2 Å². The fourth-order valence-electron chi connectivity index (χ4n) is 3.78. The SMILES string of the molecule is CC/C=C/OB(C1CCCCC1)C1CCCCC1. The zero-order valence-electron chi connectivity index (χ0n) is 12.1. The van der Waals surface area contributed by atoms with Crippen molar-refractivity contribution >= 4 is 6.92 Å². The van der Waals surface area contributed by atoms with Crippen molar-refractivity contribution in [1.82, 2.24) is 0 Å². The highest BCUT2D eigenvalue weighted by atomic mass is 16.4. The van der Waals surface area contributed by atoms with Crippen molar-refractivity contribution in [1.29, 1.82) is 0 Å². The van der Waals surface area contributed by atoms with E-state index in [1.807, 2.05) is 6.26 Å². The van der Waals surface area contributed by atoms with Gasteiger partial charge in [-0.25, -0.2) is 0 Å². The molecule has 0 aromatic carbocycles. The summed E-state index contributed by atoms with van der Waals surface area (Å²) in [6.45, 7) is 2.70. The van der Waals surface area contributed by atoms with E-state index in [0.29, 0.717) is 6.92 Å². The van der Waals surface area contributed by atoms with Gasteiger partial charge in [-0.2, -0.15) is 0 Å². The molecule has 0 N–H and O–H groups in total. The van der Waals surface area contributed by atoms with Gasteiger partial charge in [-0.1, -0.05) is 77.2 Å². The molecule has 2 aliphatic carbocycles. The smallest absolute Gasteiger partial charge is 0.363 e. The maximum atomic E-state index is 6.18. The molecule has 0 spiro atoms. The van der Waals surface area contributed by atoms with Gasteiger partial charge in [-0.05, 0) is 18.1 Å². The molecule has 102 valence electrons. The first-order valence-electron chi connectivity index (χ1n) is 8.22. The Morgan fingerprint density at radius 3 is 1.83 bits per heavy atom. The van der Waals surface area contributed by atoms with Crippen LogP contribution in [0.5, 0.6) is 0 Å². The van der Waals surface area contributed by atoms with Crippen molar-refractivity contribution in [3.63, 3.8) is 0 Å². The Balaban J connectivity index is 1.93. The first-order valence-corrected chi connectivity index (χ1v) is 8.22. The second-order valence-electron chi connectivity index (χ2n) is 6.18. The van der Waals surface area contributed by atoms with Crippen LogP contribution in [-0.4, -0.2) is 6.92 Å². The van der Waals surface area contributed by atoms with E-state index in [1.54, 1.807) is 0 Å². The summed E-state index contributed by atoms with van der Waals surface area (Å²) >= 11 is 0. The molecule has 0 unspecified atom stereocenters. The monoisotopic (exact) mass is 248 g/mol. The predicted octanol–water partition coefficient (Wildman–Crippen LogP) is 5.59. The first-order chi connectivity index (χ1) is 8.92. The number of allylic oxidation sites excluding steroid dienone is 1. The molecule has 0 atom stereocenters. The van der Waals surface area contributed by atoms with Crippen LogP contribution in [0.3, 0.4) is 0 Å². The molecule has 18 heavy (non-hydrogen) atoms. The summed E-state index contributed by atoms with van der Waals surface area (Å²) in [5.74, 6) is 1.67. The van der Waals surface area contributed by atoms with Crippen molar-refractivity contribution in [2.45, 2.75) is 89.2 Å². The summed E-state index contributed by atoms with van der Waals surface area (Å²) in [7, 11) is 0. The minimum Gasteiger partial charge on any atom is -0.565 e. The van der Waals surface area contributed by atoms with E-state index in [0.717, 1.165) is 18.1 Å². The van der Waals surface area contributed by atoms with Gasteiger partial charge in [-0.15, -0.1) is 0 Å². The zero-order chi connectivity index (χ0) is 12.6. The van der Waals surface area contributed by atoms with Crippen LogP contribution in [0.25, 0.3) is 0 Å². The van der Waals surface area contributed by atoms with E-state index >= 15 is 0 Å². The molecular weight excluding hydrogens is 219 g/mol. The number of hydrogen-bond donors (Lipinski definition) is 0. The van der Waals surface area contributed by atoms with Crippen molar-refractivity contribution in [2.75, 3.05) is 0 Å². The lowest BCUT2D eigenvalue weighted by molar-refractivity contribution is 0.379.